The molecule has 1 unspecified atom stereocenters. The Morgan fingerprint density at radius 3 is 3.00 bits per heavy atom. The SMILES string of the molecule is Clc1ccc(Cl)c(OCC2CCNC2)c1. The Morgan fingerprint density at radius 2 is 2.27 bits per heavy atom. The van der Waals surface area contributed by atoms with Crippen molar-refractivity contribution in [3.05, 3.63) is 28.2 Å². The van der Waals surface area contributed by atoms with Crippen molar-refractivity contribution in [1.82, 2.24) is 5.32 Å². The molecule has 1 heterocycles. The summed E-state index contributed by atoms with van der Waals surface area (Å²) in [6, 6.07) is 5.27. The van der Waals surface area contributed by atoms with Gasteiger partial charge in [-0.2, -0.15) is 0 Å². The minimum Gasteiger partial charge on any atom is -0.492 e. The number of nitrogens with one attached hydrogen (secondary N) is 1. The maximum absolute atomic E-state index is 5.98. The van der Waals surface area contributed by atoms with Crippen LogP contribution in [0.3, 0.4) is 0 Å². The fourth-order valence-corrected chi connectivity index (χ4v) is 1.99. The van der Waals surface area contributed by atoms with Crippen LogP contribution in [0.4, 0.5) is 0 Å². The Hall–Kier alpha value is -0.440. The molecule has 2 nitrogen and oxygen atoms in total. The molecular weight excluding hydrogens is 233 g/mol. The van der Waals surface area contributed by atoms with Gasteiger partial charge in [0.2, 0.25) is 0 Å². The van der Waals surface area contributed by atoms with Crippen LogP contribution < -0.4 is 10.1 Å². The molecule has 1 fully saturated rings. The second-order valence-electron chi connectivity index (χ2n) is 3.74. The third-order valence-corrected chi connectivity index (χ3v) is 3.08. The van der Waals surface area contributed by atoms with E-state index in [0.717, 1.165) is 19.5 Å². The number of hydrogen-bond donors (Lipinski definition) is 1. The first-order valence-corrected chi connectivity index (χ1v) is 5.80. The van der Waals surface area contributed by atoms with Gasteiger partial charge < -0.3 is 10.1 Å². The second-order valence-corrected chi connectivity index (χ2v) is 4.59. The van der Waals surface area contributed by atoms with Gasteiger partial charge >= 0.3 is 0 Å². The standard InChI is InChI=1S/C11H13Cl2NO/c12-9-1-2-10(13)11(5-9)15-7-8-3-4-14-6-8/h1-2,5,8,14H,3-4,6-7H2. The van der Waals surface area contributed by atoms with E-state index in [-0.39, 0.29) is 0 Å². The minimum atomic E-state index is 0.583. The molecule has 1 saturated heterocycles. The van der Waals surface area contributed by atoms with Gasteiger partial charge in [0.15, 0.2) is 0 Å². The molecule has 1 aliphatic rings. The topological polar surface area (TPSA) is 21.3 Å². The molecule has 15 heavy (non-hydrogen) atoms. The third kappa shape index (κ3) is 3.00. The smallest absolute Gasteiger partial charge is 0.139 e. The van der Waals surface area contributed by atoms with Gasteiger partial charge in [0.25, 0.3) is 0 Å². The minimum absolute atomic E-state index is 0.583. The van der Waals surface area contributed by atoms with E-state index < -0.39 is 0 Å². The highest BCUT2D eigenvalue weighted by atomic mass is 35.5. The zero-order valence-electron chi connectivity index (χ0n) is 8.30. The fourth-order valence-electron chi connectivity index (χ4n) is 1.65. The molecule has 1 N–H and O–H groups in total. The van der Waals surface area contributed by atoms with Gasteiger partial charge in [0, 0.05) is 23.6 Å². The Balaban J connectivity index is 1.94. The van der Waals surface area contributed by atoms with E-state index in [1.807, 2.05) is 0 Å². The lowest BCUT2D eigenvalue weighted by molar-refractivity contribution is 0.260. The highest BCUT2D eigenvalue weighted by Gasteiger charge is 2.15. The molecule has 1 atom stereocenters. The lowest BCUT2D eigenvalue weighted by atomic mass is 10.1. The Labute approximate surface area is 99.5 Å². The number of hydrogen-bond acceptors (Lipinski definition) is 2. The summed E-state index contributed by atoms with van der Waals surface area (Å²) in [5.74, 6) is 1.26. The maximum Gasteiger partial charge on any atom is 0.139 e. The molecule has 1 aromatic rings. The molecule has 2 rings (SSSR count). The summed E-state index contributed by atoms with van der Waals surface area (Å²) in [6.45, 7) is 2.81. The van der Waals surface area contributed by atoms with Gasteiger partial charge in [-0.3, -0.25) is 0 Å². The molecule has 0 saturated carbocycles. The van der Waals surface area contributed by atoms with Crippen LogP contribution in [0.2, 0.25) is 10.0 Å². The van der Waals surface area contributed by atoms with E-state index in [1.165, 1.54) is 0 Å². The molecule has 4 heteroatoms. The van der Waals surface area contributed by atoms with Crippen molar-refractivity contribution >= 4 is 23.2 Å². The molecule has 82 valence electrons. The van der Waals surface area contributed by atoms with Crippen LogP contribution in [-0.4, -0.2) is 19.7 Å². The highest BCUT2D eigenvalue weighted by molar-refractivity contribution is 6.34. The van der Waals surface area contributed by atoms with Gasteiger partial charge in [-0.05, 0) is 25.1 Å². The molecule has 0 radical (unpaired) electrons. The summed E-state index contributed by atoms with van der Waals surface area (Å²) in [5.41, 5.74) is 0. The Morgan fingerprint density at radius 1 is 1.40 bits per heavy atom. The Bertz CT molecular complexity index is 337. The van der Waals surface area contributed by atoms with Crippen LogP contribution in [0.5, 0.6) is 5.75 Å². The summed E-state index contributed by atoms with van der Waals surface area (Å²) in [5, 5.41) is 4.56. The predicted octanol–water partition coefficient (Wildman–Crippen LogP) is 2.98. The van der Waals surface area contributed by atoms with Gasteiger partial charge in [-0.25, -0.2) is 0 Å². The van der Waals surface area contributed by atoms with Gasteiger partial charge in [-0.1, -0.05) is 23.2 Å². The zero-order valence-corrected chi connectivity index (χ0v) is 9.81. The molecule has 0 aliphatic carbocycles. The van der Waals surface area contributed by atoms with Crippen LogP contribution in [0.25, 0.3) is 0 Å². The first kappa shape index (κ1) is 11.1. The van der Waals surface area contributed by atoms with Crippen LogP contribution >= 0.6 is 23.2 Å². The van der Waals surface area contributed by atoms with Crippen LogP contribution in [-0.2, 0) is 0 Å². The number of rotatable bonds is 3. The van der Waals surface area contributed by atoms with Crippen molar-refractivity contribution in [2.24, 2.45) is 5.92 Å². The summed E-state index contributed by atoms with van der Waals surface area (Å²) in [7, 11) is 0. The normalized spacial score (nSPS) is 20.5. The number of halogens is 2. The van der Waals surface area contributed by atoms with Crippen LogP contribution in [0, 0.1) is 5.92 Å². The third-order valence-electron chi connectivity index (χ3n) is 2.53. The summed E-state index contributed by atoms with van der Waals surface area (Å²) >= 11 is 11.8. The monoisotopic (exact) mass is 245 g/mol. The van der Waals surface area contributed by atoms with E-state index in [9.17, 15) is 0 Å². The highest BCUT2D eigenvalue weighted by Crippen LogP contribution is 2.28. The molecule has 1 aromatic carbocycles. The van der Waals surface area contributed by atoms with E-state index >= 15 is 0 Å². The van der Waals surface area contributed by atoms with Crippen molar-refractivity contribution in [2.75, 3.05) is 19.7 Å². The summed E-state index contributed by atoms with van der Waals surface area (Å²) in [6.07, 6.45) is 1.16. The van der Waals surface area contributed by atoms with E-state index in [0.29, 0.717) is 28.3 Å². The van der Waals surface area contributed by atoms with E-state index in [1.54, 1.807) is 18.2 Å². The molecular formula is C11H13Cl2NO. The first-order valence-electron chi connectivity index (χ1n) is 5.04. The lowest BCUT2D eigenvalue weighted by Gasteiger charge is -2.12. The van der Waals surface area contributed by atoms with Crippen molar-refractivity contribution < 1.29 is 4.74 Å². The molecule has 0 spiro atoms. The Kier molecular flexibility index (Phi) is 3.73. The van der Waals surface area contributed by atoms with Crippen LogP contribution in [0.1, 0.15) is 6.42 Å². The number of benzene rings is 1. The maximum atomic E-state index is 5.98. The second kappa shape index (κ2) is 5.06. The molecule has 0 amide bonds. The van der Waals surface area contributed by atoms with Gasteiger partial charge in [0.1, 0.15) is 5.75 Å². The average Bonchev–Trinajstić information content (AvgIpc) is 2.72. The van der Waals surface area contributed by atoms with Crippen molar-refractivity contribution in [3.8, 4) is 5.75 Å². The fraction of sp³-hybridized carbons (Fsp3) is 0.455. The van der Waals surface area contributed by atoms with E-state index in [2.05, 4.69) is 5.32 Å². The van der Waals surface area contributed by atoms with Gasteiger partial charge in [-0.15, -0.1) is 0 Å². The molecule has 0 bridgehead atoms. The summed E-state index contributed by atoms with van der Waals surface area (Å²) in [4.78, 5) is 0. The number of ether oxygens (including phenoxy) is 1. The van der Waals surface area contributed by atoms with Crippen molar-refractivity contribution in [2.45, 2.75) is 6.42 Å². The van der Waals surface area contributed by atoms with Crippen molar-refractivity contribution in [1.29, 1.82) is 0 Å². The van der Waals surface area contributed by atoms with E-state index in [4.69, 9.17) is 27.9 Å². The first-order chi connectivity index (χ1) is 7.25. The zero-order chi connectivity index (χ0) is 10.7. The average molecular weight is 246 g/mol. The molecule has 0 aromatic heterocycles. The van der Waals surface area contributed by atoms with Gasteiger partial charge in [0.05, 0.1) is 11.6 Å². The molecule has 1 aliphatic heterocycles. The largest absolute Gasteiger partial charge is 0.492 e. The summed E-state index contributed by atoms with van der Waals surface area (Å²) < 4.78 is 5.65. The predicted molar refractivity (Wildman–Crippen MR) is 62.9 cm³/mol. The van der Waals surface area contributed by atoms with Crippen LogP contribution in [0.15, 0.2) is 18.2 Å². The lowest BCUT2D eigenvalue weighted by Crippen LogP contribution is -2.15. The van der Waals surface area contributed by atoms with Crippen molar-refractivity contribution in [3.63, 3.8) is 0 Å². The quantitative estimate of drug-likeness (QED) is 0.885.